The molecule has 0 aliphatic heterocycles. The highest BCUT2D eigenvalue weighted by atomic mass is 32.1. The lowest BCUT2D eigenvalue weighted by Gasteiger charge is -2.10. The van der Waals surface area contributed by atoms with Crippen LogP contribution in [0.2, 0.25) is 0 Å². The summed E-state index contributed by atoms with van der Waals surface area (Å²) in [6, 6.07) is 61.7. The average molecular weight is 644 g/mol. The van der Waals surface area contributed by atoms with E-state index >= 15 is 0 Å². The number of hydrogen-bond acceptors (Lipinski definition) is 4. The molecule has 230 valence electrons. The Balaban J connectivity index is 1.11. The SMILES string of the molecule is c1ccc(-c2ccc(-c3nc(-c4ccc(-c5ccccc5)cc4)nc(-c4ccc5cc(-c6cc7ccccc7s6)ccc5c4)n3)cc2)cc1. The van der Waals surface area contributed by atoms with Gasteiger partial charge in [-0.05, 0) is 68.2 Å². The van der Waals surface area contributed by atoms with Crippen LogP contribution in [-0.4, -0.2) is 15.0 Å². The van der Waals surface area contributed by atoms with Crippen molar-refractivity contribution in [1.82, 2.24) is 15.0 Å². The molecule has 4 heteroatoms. The molecule has 0 fully saturated rings. The molecule has 0 amide bonds. The van der Waals surface area contributed by atoms with E-state index < -0.39 is 0 Å². The molecule has 9 aromatic rings. The van der Waals surface area contributed by atoms with Crippen molar-refractivity contribution in [2.24, 2.45) is 0 Å². The van der Waals surface area contributed by atoms with Gasteiger partial charge in [-0.25, -0.2) is 15.0 Å². The second-order valence-electron chi connectivity index (χ2n) is 12.1. The van der Waals surface area contributed by atoms with Crippen LogP contribution in [0.15, 0.2) is 176 Å². The second-order valence-corrected chi connectivity index (χ2v) is 13.2. The van der Waals surface area contributed by atoms with Gasteiger partial charge in [-0.15, -0.1) is 11.3 Å². The third-order valence-electron chi connectivity index (χ3n) is 8.94. The molecule has 7 aromatic carbocycles. The molecular weight excluding hydrogens is 615 g/mol. The summed E-state index contributed by atoms with van der Waals surface area (Å²) in [4.78, 5) is 16.4. The van der Waals surface area contributed by atoms with Crippen molar-refractivity contribution in [2.45, 2.75) is 0 Å². The predicted molar refractivity (Wildman–Crippen MR) is 205 cm³/mol. The Morgan fingerprint density at radius 3 is 1.24 bits per heavy atom. The zero-order valence-corrected chi connectivity index (χ0v) is 27.3. The largest absolute Gasteiger partial charge is 0.208 e. The monoisotopic (exact) mass is 643 g/mol. The molecule has 2 heterocycles. The molecule has 2 aromatic heterocycles. The first-order valence-corrected chi connectivity index (χ1v) is 17.2. The fourth-order valence-electron chi connectivity index (χ4n) is 6.31. The van der Waals surface area contributed by atoms with E-state index in [0.717, 1.165) is 33.2 Å². The lowest BCUT2D eigenvalue weighted by atomic mass is 10.0. The third-order valence-corrected chi connectivity index (χ3v) is 10.1. The Morgan fingerprint density at radius 1 is 0.286 bits per heavy atom. The molecule has 0 N–H and O–H groups in total. The van der Waals surface area contributed by atoms with Gasteiger partial charge in [0.2, 0.25) is 0 Å². The fraction of sp³-hybridized carbons (Fsp3) is 0. The van der Waals surface area contributed by atoms with Gasteiger partial charge in [-0.2, -0.15) is 0 Å². The molecule has 0 unspecified atom stereocenters. The molecule has 0 saturated heterocycles. The first kappa shape index (κ1) is 29.0. The maximum absolute atomic E-state index is 5.04. The highest BCUT2D eigenvalue weighted by Crippen LogP contribution is 2.36. The van der Waals surface area contributed by atoms with Crippen LogP contribution >= 0.6 is 11.3 Å². The van der Waals surface area contributed by atoms with E-state index in [1.54, 1.807) is 0 Å². The number of rotatable bonds is 6. The standard InChI is InChI=1S/C45H29N3S/c1-3-9-30(10-4-1)32-15-19-34(20-16-32)43-46-44(35-21-17-33(18-22-35)31-11-5-2-6-12-31)48-45(47-43)40-26-24-36-27-39(25-23-37(36)28-40)42-29-38-13-7-8-14-41(38)49-42/h1-29H. The van der Waals surface area contributed by atoms with E-state index in [9.17, 15) is 0 Å². The van der Waals surface area contributed by atoms with Crippen LogP contribution in [0.3, 0.4) is 0 Å². The van der Waals surface area contributed by atoms with Crippen LogP contribution in [0, 0.1) is 0 Å². The van der Waals surface area contributed by atoms with Gasteiger partial charge in [0, 0.05) is 26.3 Å². The Bertz CT molecular complexity index is 2440. The predicted octanol–water partition coefficient (Wildman–Crippen LogP) is 12.2. The van der Waals surface area contributed by atoms with Crippen molar-refractivity contribution in [3.8, 4) is 66.9 Å². The summed E-state index contributed by atoms with van der Waals surface area (Å²) >= 11 is 1.83. The Hall–Kier alpha value is -6.23. The highest BCUT2D eigenvalue weighted by Gasteiger charge is 2.14. The Kier molecular flexibility index (Phi) is 7.34. The quantitative estimate of drug-likeness (QED) is 0.181. The number of benzene rings is 7. The number of nitrogens with zero attached hydrogens (tertiary/aromatic N) is 3. The molecule has 0 aliphatic carbocycles. The topological polar surface area (TPSA) is 38.7 Å². The maximum atomic E-state index is 5.04. The summed E-state index contributed by atoms with van der Waals surface area (Å²) in [6.07, 6.45) is 0. The molecular formula is C45H29N3S. The summed E-state index contributed by atoms with van der Waals surface area (Å²) in [5, 5.41) is 3.61. The first-order chi connectivity index (χ1) is 24.2. The van der Waals surface area contributed by atoms with E-state index in [-0.39, 0.29) is 0 Å². The minimum atomic E-state index is 0.645. The van der Waals surface area contributed by atoms with Gasteiger partial charge in [0.05, 0.1) is 0 Å². The van der Waals surface area contributed by atoms with Crippen LogP contribution < -0.4 is 0 Å². The molecule has 0 bridgehead atoms. The van der Waals surface area contributed by atoms with E-state index in [1.807, 2.05) is 23.5 Å². The molecule has 9 rings (SSSR count). The van der Waals surface area contributed by atoms with E-state index in [4.69, 9.17) is 15.0 Å². The Morgan fingerprint density at radius 2 is 0.694 bits per heavy atom. The summed E-state index contributed by atoms with van der Waals surface area (Å²) in [5.41, 5.74) is 8.73. The number of aromatic nitrogens is 3. The first-order valence-electron chi connectivity index (χ1n) is 16.3. The lowest BCUT2D eigenvalue weighted by molar-refractivity contribution is 1.07. The molecule has 0 aliphatic rings. The molecule has 0 radical (unpaired) electrons. The number of fused-ring (bicyclic) bond motifs is 2. The van der Waals surface area contributed by atoms with Crippen LogP contribution in [0.5, 0.6) is 0 Å². The summed E-state index contributed by atoms with van der Waals surface area (Å²) in [5.74, 6) is 1.94. The molecule has 0 saturated carbocycles. The van der Waals surface area contributed by atoms with Crippen molar-refractivity contribution in [1.29, 1.82) is 0 Å². The third kappa shape index (κ3) is 5.80. The van der Waals surface area contributed by atoms with Crippen molar-refractivity contribution in [3.05, 3.63) is 176 Å². The van der Waals surface area contributed by atoms with Gasteiger partial charge in [0.1, 0.15) is 0 Å². The smallest absolute Gasteiger partial charge is 0.164 e. The normalized spacial score (nSPS) is 11.3. The Labute approximate surface area is 288 Å². The summed E-state index contributed by atoms with van der Waals surface area (Å²) in [6.45, 7) is 0. The second kappa shape index (κ2) is 12.4. The van der Waals surface area contributed by atoms with Crippen molar-refractivity contribution >= 4 is 32.2 Å². The van der Waals surface area contributed by atoms with Crippen LogP contribution in [0.25, 0.3) is 87.7 Å². The average Bonchev–Trinajstić information content (AvgIpc) is 3.63. The van der Waals surface area contributed by atoms with E-state index in [2.05, 4.69) is 164 Å². The maximum Gasteiger partial charge on any atom is 0.164 e. The molecule has 0 atom stereocenters. The van der Waals surface area contributed by atoms with Gasteiger partial charge in [0.15, 0.2) is 17.5 Å². The zero-order chi connectivity index (χ0) is 32.6. The van der Waals surface area contributed by atoms with Gasteiger partial charge >= 0.3 is 0 Å². The lowest BCUT2D eigenvalue weighted by Crippen LogP contribution is -2.00. The van der Waals surface area contributed by atoms with Crippen molar-refractivity contribution in [2.75, 3.05) is 0 Å². The minimum absolute atomic E-state index is 0.645. The van der Waals surface area contributed by atoms with Gasteiger partial charge < -0.3 is 0 Å². The number of hydrogen-bond donors (Lipinski definition) is 0. The zero-order valence-electron chi connectivity index (χ0n) is 26.5. The number of thiophene rings is 1. The summed E-state index contributed by atoms with van der Waals surface area (Å²) < 4.78 is 1.30. The highest BCUT2D eigenvalue weighted by molar-refractivity contribution is 7.22. The molecule has 3 nitrogen and oxygen atoms in total. The van der Waals surface area contributed by atoms with Crippen LogP contribution in [0.1, 0.15) is 0 Å². The van der Waals surface area contributed by atoms with Crippen LogP contribution in [-0.2, 0) is 0 Å². The van der Waals surface area contributed by atoms with Gasteiger partial charge in [-0.1, -0.05) is 152 Å². The molecule has 49 heavy (non-hydrogen) atoms. The van der Waals surface area contributed by atoms with Crippen molar-refractivity contribution < 1.29 is 0 Å². The van der Waals surface area contributed by atoms with Gasteiger partial charge in [0.25, 0.3) is 0 Å². The van der Waals surface area contributed by atoms with Crippen LogP contribution in [0.4, 0.5) is 0 Å². The van der Waals surface area contributed by atoms with E-state index in [0.29, 0.717) is 17.5 Å². The fourth-order valence-corrected chi connectivity index (χ4v) is 7.37. The van der Waals surface area contributed by atoms with Crippen molar-refractivity contribution in [3.63, 3.8) is 0 Å². The minimum Gasteiger partial charge on any atom is -0.208 e. The summed E-state index contributed by atoms with van der Waals surface area (Å²) in [7, 11) is 0. The molecule has 0 spiro atoms. The van der Waals surface area contributed by atoms with E-state index in [1.165, 1.54) is 37.0 Å². The van der Waals surface area contributed by atoms with Gasteiger partial charge in [-0.3, -0.25) is 0 Å².